The summed E-state index contributed by atoms with van der Waals surface area (Å²) < 4.78 is 317. The summed E-state index contributed by atoms with van der Waals surface area (Å²) in [6.45, 7) is 78.1. The van der Waals surface area contributed by atoms with Gasteiger partial charge in [0.2, 0.25) is 0 Å². The monoisotopic (exact) mass is 1840 g/mol. The zero-order valence-electron chi connectivity index (χ0n) is 84.7. The molecule has 0 N–H and O–H groups in total. The third kappa shape index (κ3) is 32.9. The fraction of sp³-hybridized carbons (Fsp3) is 1.00. The fourth-order valence-corrected chi connectivity index (χ4v) is 21.6. The first-order chi connectivity index (χ1) is 53.4. The van der Waals surface area contributed by atoms with Crippen molar-refractivity contribution < 1.29 is 105 Å². The third-order valence-electron chi connectivity index (χ3n) is 32.8. The maximum absolute atomic E-state index is 14.0. The van der Waals surface area contributed by atoms with Gasteiger partial charge in [-0.2, -0.15) is 105 Å². The average Bonchev–Trinajstić information content (AvgIpc) is 1.11. The number of rotatable bonds is 32. The maximum atomic E-state index is 14.0. The average molecular weight is 1840 g/mol. The van der Waals surface area contributed by atoms with Crippen molar-refractivity contribution in [3.05, 3.63) is 0 Å². The first-order valence-corrected chi connectivity index (χ1v) is 45.9. The quantitative estimate of drug-likeness (QED) is 0.0589. The van der Waals surface area contributed by atoms with Gasteiger partial charge in [0.1, 0.15) is 0 Å². The second-order valence-electron chi connectivity index (χ2n) is 41.6. The molecule has 3 atom stereocenters. The van der Waals surface area contributed by atoms with Crippen LogP contribution in [0.2, 0.25) is 0 Å². The Morgan fingerprint density at radius 2 is 0.415 bits per heavy atom. The molecular weight excluding hydrogens is 1650 g/mol. The molecular formula is C99H192F24. The lowest BCUT2D eigenvalue weighted by molar-refractivity contribution is -0.301. The van der Waals surface area contributed by atoms with Gasteiger partial charge in [-0.25, -0.2) is 0 Å². The highest BCUT2D eigenvalue weighted by Crippen LogP contribution is 2.67. The van der Waals surface area contributed by atoms with Crippen LogP contribution < -0.4 is 0 Å². The van der Waals surface area contributed by atoms with Crippen LogP contribution in [0.15, 0.2) is 0 Å². The lowest BCUT2D eigenvalue weighted by Crippen LogP contribution is -2.57. The number of hydrogen-bond acceptors (Lipinski definition) is 0. The van der Waals surface area contributed by atoms with E-state index in [1.54, 1.807) is 90.0 Å². The molecule has 1 saturated carbocycles. The molecule has 24 heteroatoms. The number of alkyl halides is 24. The molecule has 0 bridgehead atoms. The van der Waals surface area contributed by atoms with Gasteiger partial charge in [-0.3, -0.25) is 0 Å². The van der Waals surface area contributed by atoms with Gasteiger partial charge < -0.3 is 0 Å². The van der Waals surface area contributed by atoms with Gasteiger partial charge in [0.05, 0.1) is 43.3 Å². The van der Waals surface area contributed by atoms with Gasteiger partial charge in [0.25, 0.3) is 0 Å². The minimum Gasteiger partial charge on any atom is -0.171 e. The van der Waals surface area contributed by atoms with Crippen molar-refractivity contribution >= 4 is 0 Å². The Kier molecular flexibility index (Phi) is 60.3. The van der Waals surface area contributed by atoms with Crippen LogP contribution in [0.3, 0.4) is 0 Å². The standard InChI is InChI=1S/C17H33F3.C15H29F3.2C13H25F3.C12H23F3.C11H21F3.C9H17F3.C7H11F3.2CH4/c1-10(2)14(11(3)4)16(9,17(18,19)20)15(12(5)6)13(7)8;1-8-12(5,9-2)14(7,15(16,17)18)13(6,10-3)11-4;1-8(2)11(9(3)4)12(7,10(5)6)13(14,15)16;1-6-10(7-2)12(5,13(14,15)16)11(8-3)9-4;1-7-10(5,8-2)11(6,9(3)4)12(13,14)15;1-6-9(7-2)10(5,8(3)4)11(12,13)14;1-6(2)8(5,7(3)4)9(10,11)12;1-6(7(8,9)10)4-2-3-5-6;;/h10-15H,1-9H3;8-11H2,1-7H3;8-11H,1-7H3;10-11H,6-9H2,1-5H3;9H,7-8H2,1-6H3;8-9H,6-7H2,1-5H3;6-7H,1-5H3;2-5H2,1H3;2*1H4/t;;12-;;11-;10-;;;;/m..0.00..../s1. The fourth-order valence-electron chi connectivity index (χ4n) is 21.6. The van der Waals surface area contributed by atoms with Gasteiger partial charge in [-0.1, -0.05) is 371 Å². The summed E-state index contributed by atoms with van der Waals surface area (Å²) in [6.07, 6.45) is -23.9. The molecule has 0 saturated heterocycles. The first-order valence-electron chi connectivity index (χ1n) is 45.9. The molecule has 0 aromatic rings. The molecule has 756 valence electrons. The van der Waals surface area contributed by atoms with Crippen LogP contribution >= 0.6 is 0 Å². The van der Waals surface area contributed by atoms with Crippen molar-refractivity contribution in [1.29, 1.82) is 0 Å². The van der Waals surface area contributed by atoms with Crippen LogP contribution in [0.25, 0.3) is 0 Å². The Bertz CT molecular complexity index is 2560. The summed E-state index contributed by atoms with van der Waals surface area (Å²) in [5.74, 6) is -3.67. The van der Waals surface area contributed by atoms with E-state index in [2.05, 4.69) is 0 Å². The van der Waals surface area contributed by atoms with E-state index in [0.717, 1.165) is 12.8 Å². The van der Waals surface area contributed by atoms with Gasteiger partial charge >= 0.3 is 49.4 Å². The molecule has 0 aliphatic heterocycles. The molecule has 0 amide bonds. The highest BCUT2D eigenvalue weighted by molar-refractivity contribution is 5.06. The van der Waals surface area contributed by atoms with E-state index in [-0.39, 0.29) is 104 Å². The summed E-state index contributed by atoms with van der Waals surface area (Å²) in [7, 11) is 0. The Balaban J connectivity index is -0.000000173. The highest BCUT2D eigenvalue weighted by Gasteiger charge is 2.69. The second kappa shape index (κ2) is 53.3. The summed E-state index contributed by atoms with van der Waals surface area (Å²) in [4.78, 5) is 0. The molecule has 0 heterocycles. The van der Waals surface area contributed by atoms with E-state index >= 15 is 0 Å². The van der Waals surface area contributed by atoms with Gasteiger partial charge in [0.15, 0.2) is 0 Å². The Morgan fingerprint density at radius 1 is 0.228 bits per heavy atom. The smallest absolute Gasteiger partial charge is 0.171 e. The molecule has 1 rings (SSSR count). The Labute approximate surface area is 741 Å². The molecule has 1 aliphatic rings. The SMILES string of the molecule is C.C.CC(C)C(C(C)C)C(C)(C(C(C)C)C(C)C)C(F)(F)F.CC(C)C(C(C)C)[C@](C)(C(C)C)C(F)(F)F.CC(C)C(C)(C(C)C)C(F)(F)F.CC1(C(F)(F)F)CCCC1.CCC(C)(CC)C(C)(C(F)(F)F)C(C)(CC)CC.CCC(C)(CC)[C@](C)(C(C)C)C(F)(F)F.CCC(CC)C(C)(C(CC)CC)C(F)(F)F.CCC(CC)[C@](C)(C(C)C)C(F)(F)F. The van der Waals surface area contributed by atoms with E-state index in [1.807, 2.05) is 166 Å². The van der Waals surface area contributed by atoms with Gasteiger partial charge in [-0.15, -0.1) is 0 Å². The van der Waals surface area contributed by atoms with Crippen LogP contribution in [0.4, 0.5) is 105 Å². The Morgan fingerprint density at radius 3 is 0.504 bits per heavy atom. The van der Waals surface area contributed by atoms with E-state index in [0.29, 0.717) is 89.9 Å². The van der Waals surface area contributed by atoms with Crippen LogP contribution in [0.1, 0.15) is 429 Å². The first kappa shape index (κ1) is 139. The maximum Gasteiger partial charge on any atom is 0.395 e. The van der Waals surface area contributed by atoms with Gasteiger partial charge in [0, 0.05) is 0 Å². The predicted molar refractivity (Wildman–Crippen MR) is 477 cm³/mol. The number of hydrogen-bond donors (Lipinski definition) is 0. The minimum atomic E-state index is -4.18. The van der Waals surface area contributed by atoms with Crippen molar-refractivity contribution in [3.8, 4) is 0 Å². The van der Waals surface area contributed by atoms with Crippen LogP contribution in [0, 0.1) is 160 Å². The number of halogens is 24. The Hall–Kier alpha value is -1.68. The van der Waals surface area contributed by atoms with E-state index < -0.39 is 121 Å². The predicted octanol–water partition coefficient (Wildman–Crippen LogP) is 41.1. The van der Waals surface area contributed by atoms with Crippen molar-refractivity contribution in [3.63, 3.8) is 0 Å². The van der Waals surface area contributed by atoms with Gasteiger partial charge in [-0.05, 0) is 175 Å². The molecule has 1 fully saturated rings. The zero-order valence-corrected chi connectivity index (χ0v) is 84.7. The lowest BCUT2D eigenvalue weighted by atomic mass is 9.49. The largest absolute Gasteiger partial charge is 0.395 e. The molecule has 0 radical (unpaired) electrons. The lowest BCUT2D eigenvalue weighted by Gasteiger charge is -2.57. The van der Waals surface area contributed by atoms with Crippen LogP contribution in [-0.4, -0.2) is 49.4 Å². The molecule has 0 spiro atoms. The van der Waals surface area contributed by atoms with E-state index in [1.165, 1.54) is 55.4 Å². The summed E-state index contributed by atoms with van der Waals surface area (Å²) >= 11 is 0. The molecule has 0 nitrogen and oxygen atoms in total. The second-order valence-corrected chi connectivity index (χ2v) is 41.6. The van der Waals surface area contributed by atoms with Crippen molar-refractivity contribution in [2.75, 3.05) is 0 Å². The van der Waals surface area contributed by atoms with Crippen LogP contribution in [-0.2, 0) is 0 Å². The summed E-state index contributed by atoms with van der Waals surface area (Å²) in [5.41, 5.74) is -14.6. The topological polar surface area (TPSA) is 0 Å². The van der Waals surface area contributed by atoms with Crippen LogP contribution in [0.5, 0.6) is 0 Å². The van der Waals surface area contributed by atoms with Crippen molar-refractivity contribution in [1.82, 2.24) is 0 Å². The summed E-state index contributed by atoms with van der Waals surface area (Å²) in [6, 6.07) is 0. The summed E-state index contributed by atoms with van der Waals surface area (Å²) in [5, 5.41) is 0. The van der Waals surface area contributed by atoms with E-state index in [4.69, 9.17) is 0 Å². The highest BCUT2D eigenvalue weighted by atomic mass is 19.4. The van der Waals surface area contributed by atoms with Crippen molar-refractivity contribution in [2.45, 2.75) is 479 Å². The minimum absolute atomic E-state index is 0. The molecule has 0 unspecified atom stereocenters. The zero-order chi connectivity index (χ0) is 99.6. The molecule has 0 aromatic heterocycles. The molecule has 123 heavy (non-hydrogen) atoms. The van der Waals surface area contributed by atoms with Crippen molar-refractivity contribution in [2.24, 2.45) is 160 Å². The normalized spacial score (nSPS) is 16.3. The van der Waals surface area contributed by atoms with E-state index in [9.17, 15) is 105 Å². The molecule has 0 aromatic carbocycles. The third-order valence-corrected chi connectivity index (χ3v) is 32.8. The molecule has 1 aliphatic carbocycles.